The van der Waals surface area contributed by atoms with Crippen LogP contribution in [-0.2, 0) is 11.3 Å². The molecule has 2 aromatic rings. The molecule has 0 aliphatic carbocycles. The number of rotatable bonds is 8. The van der Waals surface area contributed by atoms with Gasteiger partial charge in [0.2, 0.25) is 5.16 Å². The number of benzene rings is 1. The van der Waals surface area contributed by atoms with E-state index in [9.17, 15) is 9.59 Å². The van der Waals surface area contributed by atoms with Gasteiger partial charge in [0.1, 0.15) is 6.54 Å². The van der Waals surface area contributed by atoms with Gasteiger partial charge in [0.05, 0.1) is 21.0 Å². The molecule has 1 atom stereocenters. The highest BCUT2D eigenvalue weighted by atomic mass is 35.5. The minimum atomic E-state index is -0.594. The Morgan fingerprint density at radius 2 is 1.93 bits per heavy atom. The van der Waals surface area contributed by atoms with E-state index in [1.54, 1.807) is 18.2 Å². The predicted molar refractivity (Wildman–Crippen MR) is 109 cm³/mol. The Labute approximate surface area is 175 Å². The van der Waals surface area contributed by atoms with Gasteiger partial charge in [0.25, 0.3) is 5.24 Å². The van der Waals surface area contributed by atoms with Crippen molar-refractivity contribution in [3.05, 3.63) is 28.2 Å². The zero-order chi connectivity index (χ0) is 20.0. The first-order chi connectivity index (χ1) is 12.8. The first kappa shape index (κ1) is 22.0. The highest BCUT2D eigenvalue weighted by molar-refractivity contribution is 8.14. The lowest BCUT2D eigenvalue weighted by atomic mass is 10.1. The van der Waals surface area contributed by atoms with Crippen LogP contribution in [0.25, 0.3) is 0 Å². The van der Waals surface area contributed by atoms with Crippen molar-refractivity contribution in [1.29, 1.82) is 0 Å². The predicted octanol–water partition coefficient (Wildman–Crippen LogP) is 4.33. The number of nitrogens with zero attached hydrogens (tertiary/aromatic N) is 4. The fourth-order valence-electron chi connectivity index (χ4n) is 2.06. The summed E-state index contributed by atoms with van der Waals surface area (Å²) in [6.07, 6.45) is 0.481. The molecule has 0 saturated heterocycles. The number of carbonyl (C=O) groups is 2. The molecule has 1 amide bonds. The van der Waals surface area contributed by atoms with E-state index in [-0.39, 0.29) is 22.8 Å². The van der Waals surface area contributed by atoms with Gasteiger partial charge in [-0.05, 0) is 35.5 Å². The molecule has 0 bridgehead atoms. The molecule has 1 heterocycles. The number of hydrogen-bond donors (Lipinski definition) is 1. The Morgan fingerprint density at radius 3 is 2.52 bits per heavy atom. The smallest absolute Gasteiger partial charge is 0.279 e. The molecule has 2 rings (SSSR count). The molecule has 1 N–H and O–H groups in total. The molecule has 11 heteroatoms. The van der Waals surface area contributed by atoms with E-state index >= 15 is 0 Å². The highest BCUT2D eigenvalue weighted by Crippen LogP contribution is 2.36. The second kappa shape index (κ2) is 10.3. The van der Waals surface area contributed by atoms with Gasteiger partial charge in [0, 0.05) is 5.25 Å². The van der Waals surface area contributed by atoms with Gasteiger partial charge in [-0.2, -0.15) is 4.80 Å². The molecule has 7 nitrogen and oxygen atoms in total. The first-order valence-electron chi connectivity index (χ1n) is 8.19. The van der Waals surface area contributed by atoms with Crippen LogP contribution < -0.4 is 5.32 Å². The topological polar surface area (TPSA) is 89.8 Å². The maximum atomic E-state index is 12.4. The quantitative estimate of drug-likeness (QED) is 0.643. The number of amides is 1. The lowest BCUT2D eigenvalue weighted by molar-refractivity contribution is -0.121. The lowest BCUT2D eigenvalue weighted by Crippen LogP contribution is -2.40. The number of ketones is 1. The van der Waals surface area contributed by atoms with Crippen molar-refractivity contribution < 1.29 is 9.59 Å². The minimum Gasteiger partial charge on any atom is -0.337 e. The SMILES string of the molecule is CCC(NC(=O)SC(C)C)C(=O)Cn1nnc(Sc2c(Cl)cccc2Cl)n1. The van der Waals surface area contributed by atoms with Gasteiger partial charge in [-0.1, -0.05) is 61.8 Å². The Balaban J connectivity index is 1.99. The van der Waals surface area contributed by atoms with Crippen LogP contribution >= 0.6 is 46.7 Å². The van der Waals surface area contributed by atoms with E-state index in [1.165, 1.54) is 16.6 Å². The van der Waals surface area contributed by atoms with Gasteiger partial charge < -0.3 is 5.32 Å². The second-order valence-electron chi connectivity index (χ2n) is 5.78. The summed E-state index contributed by atoms with van der Waals surface area (Å²) in [5.74, 6) is -0.195. The molecular formula is C16H19Cl2N5O2S2. The van der Waals surface area contributed by atoms with Crippen molar-refractivity contribution in [2.45, 2.75) is 55.1 Å². The maximum Gasteiger partial charge on any atom is 0.279 e. The van der Waals surface area contributed by atoms with Crippen LogP contribution in [0.15, 0.2) is 28.3 Å². The highest BCUT2D eigenvalue weighted by Gasteiger charge is 2.21. The average Bonchev–Trinajstić information content (AvgIpc) is 3.02. The summed E-state index contributed by atoms with van der Waals surface area (Å²) >= 11 is 14.6. The van der Waals surface area contributed by atoms with E-state index in [0.29, 0.717) is 26.5 Å². The van der Waals surface area contributed by atoms with Crippen molar-refractivity contribution in [2.75, 3.05) is 0 Å². The summed E-state index contributed by atoms with van der Waals surface area (Å²) in [6, 6.07) is 4.58. The zero-order valence-corrected chi connectivity index (χ0v) is 18.1. The van der Waals surface area contributed by atoms with Crippen molar-refractivity contribution in [3.63, 3.8) is 0 Å². The molecule has 1 aromatic heterocycles. The van der Waals surface area contributed by atoms with E-state index in [4.69, 9.17) is 23.2 Å². The minimum absolute atomic E-state index is 0.0883. The van der Waals surface area contributed by atoms with E-state index < -0.39 is 6.04 Å². The van der Waals surface area contributed by atoms with Crippen molar-refractivity contribution >= 4 is 57.7 Å². The largest absolute Gasteiger partial charge is 0.337 e. The van der Waals surface area contributed by atoms with Gasteiger partial charge in [-0.15, -0.1) is 10.2 Å². The van der Waals surface area contributed by atoms with Crippen LogP contribution in [0.5, 0.6) is 0 Å². The normalized spacial score (nSPS) is 12.2. The lowest BCUT2D eigenvalue weighted by Gasteiger charge is -2.15. The fourth-order valence-corrected chi connectivity index (χ4v) is 4.05. The Morgan fingerprint density at radius 1 is 1.26 bits per heavy atom. The van der Waals surface area contributed by atoms with Crippen LogP contribution in [0, 0.1) is 0 Å². The third kappa shape index (κ3) is 6.67. The van der Waals surface area contributed by atoms with Gasteiger partial charge in [-0.25, -0.2) is 0 Å². The number of tetrazole rings is 1. The van der Waals surface area contributed by atoms with Crippen molar-refractivity contribution in [2.24, 2.45) is 0 Å². The molecule has 0 aliphatic rings. The summed E-state index contributed by atoms with van der Waals surface area (Å²) in [7, 11) is 0. The van der Waals surface area contributed by atoms with Crippen LogP contribution in [0.4, 0.5) is 4.79 Å². The summed E-state index contributed by atoms with van der Waals surface area (Å²) in [6.45, 7) is 5.57. The summed E-state index contributed by atoms with van der Waals surface area (Å²) in [4.78, 5) is 26.1. The Hall–Kier alpha value is -1.29. The number of Topliss-reactive ketones (excluding diaryl/α,β-unsaturated/α-hetero) is 1. The van der Waals surface area contributed by atoms with Crippen LogP contribution in [0.2, 0.25) is 10.0 Å². The van der Waals surface area contributed by atoms with Crippen LogP contribution in [0.1, 0.15) is 27.2 Å². The van der Waals surface area contributed by atoms with E-state index in [1.807, 2.05) is 20.8 Å². The van der Waals surface area contributed by atoms with Crippen molar-refractivity contribution in [3.8, 4) is 0 Å². The van der Waals surface area contributed by atoms with Gasteiger partial charge in [0.15, 0.2) is 5.78 Å². The average molecular weight is 448 g/mol. The Bertz CT molecular complexity index is 796. The molecule has 146 valence electrons. The molecule has 0 aliphatic heterocycles. The number of aromatic nitrogens is 4. The van der Waals surface area contributed by atoms with E-state index in [0.717, 1.165) is 11.8 Å². The third-order valence-corrected chi connectivity index (χ3v) is 5.92. The number of thioether (sulfide) groups is 1. The summed E-state index contributed by atoms with van der Waals surface area (Å²) in [5.41, 5.74) is 0. The van der Waals surface area contributed by atoms with Crippen molar-refractivity contribution in [1.82, 2.24) is 25.5 Å². The monoisotopic (exact) mass is 447 g/mol. The van der Waals surface area contributed by atoms with Gasteiger partial charge in [-0.3, -0.25) is 9.59 Å². The third-order valence-electron chi connectivity index (χ3n) is 3.28. The zero-order valence-electron chi connectivity index (χ0n) is 15.0. The summed E-state index contributed by atoms with van der Waals surface area (Å²) in [5, 5.41) is 15.9. The number of hydrogen-bond acceptors (Lipinski definition) is 7. The van der Waals surface area contributed by atoms with E-state index in [2.05, 4.69) is 20.7 Å². The standard InChI is InChI=1S/C16H19Cl2N5O2S2/c1-4-12(19-16(25)26-9(2)3)13(24)8-23-21-15(20-22-23)27-14-10(17)6-5-7-11(14)18/h5-7,9,12H,4,8H2,1-3H3,(H,19,25). The van der Waals surface area contributed by atoms with Crippen LogP contribution in [0.3, 0.4) is 0 Å². The summed E-state index contributed by atoms with van der Waals surface area (Å²) < 4.78 is 0. The molecule has 1 unspecified atom stereocenters. The molecule has 0 radical (unpaired) electrons. The first-order valence-corrected chi connectivity index (χ1v) is 10.6. The molecule has 27 heavy (non-hydrogen) atoms. The fraction of sp³-hybridized carbons (Fsp3) is 0.438. The second-order valence-corrected chi connectivity index (χ2v) is 9.12. The molecule has 1 aromatic carbocycles. The number of halogens is 2. The molecule has 0 fully saturated rings. The number of nitrogens with one attached hydrogen (secondary N) is 1. The molecule has 0 spiro atoms. The number of carbonyl (C=O) groups excluding carboxylic acids is 2. The Kier molecular flexibility index (Phi) is 8.40. The molecule has 0 saturated carbocycles. The van der Waals surface area contributed by atoms with Crippen LogP contribution in [-0.4, -0.2) is 42.5 Å². The van der Waals surface area contributed by atoms with Gasteiger partial charge >= 0.3 is 0 Å². The maximum absolute atomic E-state index is 12.4. The molecular weight excluding hydrogens is 429 g/mol.